The van der Waals surface area contributed by atoms with Crippen LogP contribution in [0.3, 0.4) is 0 Å². The van der Waals surface area contributed by atoms with Crippen LogP contribution in [0.15, 0.2) is 170 Å². The summed E-state index contributed by atoms with van der Waals surface area (Å²) in [6.07, 6.45) is 5.13. The maximum absolute atomic E-state index is 2.81. The first kappa shape index (κ1) is 33.3. The number of benzene rings is 6. The predicted molar refractivity (Wildman–Crippen MR) is 217 cm³/mol. The van der Waals surface area contributed by atoms with Crippen LogP contribution in [0.2, 0.25) is 0 Å². The SMILES string of the molecule is CN1[C@H](c2ccccc2P(c2ccccc2)c2ccccc2)[C@@H](c2ccccc2P(c2ccccc2)c2ccccc2)N(C)[C@H]2CCCC[C@@H]21. The van der Waals surface area contributed by atoms with Crippen molar-refractivity contribution < 1.29 is 0 Å². The van der Waals surface area contributed by atoms with Gasteiger partial charge in [0.05, 0.1) is 12.1 Å². The third-order valence-electron chi connectivity index (χ3n) is 11.0. The summed E-state index contributed by atoms with van der Waals surface area (Å²) in [5, 5.41) is 8.54. The van der Waals surface area contributed by atoms with Crippen LogP contribution in [0, 0.1) is 0 Å². The van der Waals surface area contributed by atoms with E-state index in [9.17, 15) is 0 Å². The van der Waals surface area contributed by atoms with Gasteiger partial charge in [-0.3, -0.25) is 9.80 Å². The average Bonchev–Trinajstić information content (AvgIpc) is 3.19. The van der Waals surface area contributed by atoms with Crippen molar-refractivity contribution in [2.75, 3.05) is 14.1 Å². The molecule has 0 amide bonds. The van der Waals surface area contributed by atoms with Gasteiger partial charge in [-0.15, -0.1) is 0 Å². The lowest BCUT2D eigenvalue weighted by atomic mass is 9.79. The highest BCUT2D eigenvalue weighted by molar-refractivity contribution is 7.80. The average molecular weight is 689 g/mol. The fourth-order valence-electron chi connectivity index (χ4n) is 8.72. The largest absolute Gasteiger partial charge is 0.293 e. The minimum absolute atomic E-state index is 0.192. The monoisotopic (exact) mass is 688 g/mol. The normalized spacial score (nSPS) is 21.3. The highest BCUT2D eigenvalue weighted by Crippen LogP contribution is 2.50. The van der Waals surface area contributed by atoms with E-state index in [2.05, 4.69) is 194 Å². The van der Waals surface area contributed by atoms with E-state index < -0.39 is 15.8 Å². The third kappa shape index (κ3) is 6.40. The summed E-state index contributed by atoms with van der Waals surface area (Å²) in [6.45, 7) is 0. The molecule has 8 rings (SSSR count). The molecule has 2 aliphatic rings. The van der Waals surface area contributed by atoms with Crippen molar-refractivity contribution in [1.29, 1.82) is 0 Å². The zero-order valence-corrected chi connectivity index (χ0v) is 30.9. The maximum atomic E-state index is 2.81. The quantitative estimate of drug-likeness (QED) is 0.149. The van der Waals surface area contributed by atoms with Crippen molar-refractivity contribution in [3.8, 4) is 0 Å². The van der Waals surface area contributed by atoms with Gasteiger partial charge in [0.2, 0.25) is 0 Å². The van der Waals surface area contributed by atoms with Gasteiger partial charge in [0.15, 0.2) is 0 Å². The Morgan fingerprint density at radius 2 is 0.660 bits per heavy atom. The number of piperazine rings is 1. The number of hydrogen-bond donors (Lipinski definition) is 0. The molecule has 0 bridgehead atoms. The molecule has 6 aromatic rings. The molecule has 0 unspecified atom stereocenters. The fraction of sp³-hybridized carbons (Fsp3) is 0.217. The molecule has 6 aromatic carbocycles. The lowest BCUT2D eigenvalue weighted by molar-refractivity contribution is -0.0572. The van der Waals surface area contributed by atoms with Gasteiger partial charge in [-0.2, -0.15) is 0 Å². The molecule has 0 N–H and O–H groups in total. The Balaban J connectivity index is 1.35. The Bertz CT molecular complexity index is 1760. The van der Waals surface area contributed by atoms with E-state index in [4.69, 9.17) is 0 Å². The summed E-state index contributed by atoms with van der Waals surface area (Å²) in [7, 11) is 3.35. The van der Waals surface area contributed by atoms with E-state index in [0.717, 1.165) is 0 Å². The highest BCUT2D eigenvalue weighted by atomic mass is 31.1. The van der Waals surface area contributed by atoms with Crippen LogP contribution in [-0.2, 0) is 0 Å². The zero-order chi connectivity index (χ0) is 33.9. The van der Waals surface area contributed by atoms with Crippen LogP contribution in [0.4, 0.5) is 0 Å². The molecule has 250 valence electrons. The molecule has 1 heterocycles. The summed E-state index contributed by atoms with van der Waals surface area (Å²) in [6, 6.07) is 65.3. The Morgan fingerprint density at radius 3 is 0.980 bits per heavy atom. The fourth-order valence-corrected chi connectivity index (χ4v) is 13.7. The molecule has 0 spiro atoms. The smallest absolute Gasteiger partial charge is 0.0552 e. The molecule has 1 aliphatic carbocycles. The Hall–Kier alpha value is -3.90. The maximum Gasteiger partial charge on any atom is 0.0552 e. The molecule has 50 heavy (non-hydrogen) atoms. The second-order valence-corrected chi connectivity index (χ2v) is 18.1. The molecule has 0 radical (unpaired) electrons. The molecule has 4 heteroatoms. The van der Waals surface area contributed by atoms with Gasteiger partial charge >= 0.3 is 0 Å². The number of fused-ring (bicyclic) bond motifs is 1. The van der Waals surface area contributed by atoms with Gasteiger partial charge in [0.1, 0.15) is 0 Å². The van der Waals surface area contributed by atoms with E-state index in [1.165, 1.54) is 68.6 Å². The van der Waals surface area contributed by atoms with Crippen molar-refractivity contribution in [2.45, 2.75) is 49.9 Å². The number of rotatable bonds is 8. The summed E-state index contributed by atoms with van der Waals surface area (Å²) in [5.74, 6) is 0. The molecular weight excluding hydrogens is 642 g/mol. The lowest BCUT2D eigenvalue weighted by Gasteiger charge is -2.56. The zero-order valence-electron chi connectivity index (χ0n) is 29.1. The predicted octanol–water partition coefficient (Wildman–Crippen LogP) is 8.17. The van der Waals surface area contributed by atoms with Crippen molar-refractivity contribution in [3.63, 3.8) is 0 Å². The van der Waals surface area contributed by atoms with Gasteiger partial charge in [-0.25, -0.2) is 0 Å². The van der Waals surface area contributed by atoms with Crippen molar-refractivity contribution in [1.82, 2.24) is 9.80 Å². The first-order valence-corrected chi connectivity index (χ1v) is 20.8. The van der Waals surface area contributed by atoms with Crippen LogP contribution < -0.4 is 31.8 Å². The second-order valence-electron chi connectivity index (χ2n) is 13.8. The third-order valence-corrected chi connectivity index (χ3v) is 16.0. The van der Waals surface area contributed by atoms with Crippen molar-refractivity contribution in [2.24, 2.45) is 0 Å². The second kappa shape index (κ2) is 15.1. The topological polar surface area (TPSA) is 6.48 Å². The van der Waals surface area contributed by atoms with E-state index in [1.807, 2.05) is 0 Å². The molecule has 4 atom stereocenters. The molecule has 1 saturated carbocycles. The van der Waals surface area contributed by atoms with Gasteiger partial charge in [0.25, 0.3) is 0 Å². The highest BCUT2D eigenvalue weighted by Gasteiger charge is 2.48. The van der Waals surface area contributed by atoms with Crippen molar-refractivity contribution >= 4 is 47.7 Å². The van der Waals surface area contributed by atoms with Crippen LogP contribution in [0.1, 0.15) is 48.9 Å². The summed E-state index contributed by atoms with van der Waals surface area (Å²) >= 11 is 0. The number of likely N-dealkylation sites (N-methyl/N-ethyl adjacent to an activating group) is 2. The summed E-state index contributed by atoms with van der Waals surface area (Å²) < 4.78 is 0. The van der Waals surface area contributed by atoms with E-state index in [-0.39, 0.29) is 12.1 Å². The van der Waals surface area contributed by atoms with E-state index in [1.54, 1.807) is 0 Å². The summed E-state index contributed by atoms with van der Waals surface area (Å²) in [4.78, 5) is 5.61. The van der Waals surface area contributed by atoms with Crippen LogP contribution in [-0.4, -0.2) is 36.0 Å². The minimum Gasteiger partial charge on any atom is -0.293 e. The van der Waals surface area contributed by atoms with Gasteiger partial charge in [0, 0.05) is 12.1 Å². The molecular formula is C46H46N2P2. The van der Waals surface area contributed by atoms with Crippen LogP contribution in [0.25, 0.3) is 0 Å². The Morgan fingerprint density at radius 1 is 0.380 bits per heavy atom. The molecule has 2 nitrogen and oxygen atoms in total. The number of hydrogen-bond acceptors (Lipinski definition) is 2. The van der Waals surface area contributed by atoms with E-state index in [0.29, 0.717) is 12.1 Å². The molecule has 0 aromatic heterocycles. The minimum atomic E-state index is -0.766. The summed E-state index contributed by atoms with van der Waals surface area (Å²) in [5.41, 5.74) is 2.93. The van der Waals surface area contributed by atoms with Gasteiger partial charge < -0.3 is 0 Å². The van der Waals surface area contributed by atoms with Crippen molar-refractivity contribution in [3.05, 3.63) is 181 Å². The lowest BCUT2D eigenvalue weighted by Crippen LogP contribution is -2.61. The standard InChI is InChI=1S/C46H46N2P2/c1-47-41-31-17-18-32-42(41)48(2)46(40-30-16-20-34-44(40)50(37-25-11-5-12-26-37)38-27-13-6-14-28-38)45(47)39-29-15-19-33-43(39)49(35-21-7-3-8-22-35)36-23-9-4-10-24-36/h3-16,19-30,33-34,41-42,45-46H,17-18,31-32H2,1-2H3/t41-,42-,45+,46+/m0/s1. The Kier molecular flexibility index (Phi) is 10.1. The molecule has 2 fully saturated rings. The first-order chi connectivity index (χ1) is 24.7. The van der Waals surface area contributed by atoms with Crippen LogP contribution >= 0.6 is 15.8 Å². The first-order valence-electron chi connectivity index (χ1n) is 18.1. The Labute approximate surface area is 301 Å². The van der Waals surface area contributed by atoms with E-state index >= 15 is 0 Å². The van der Waals surface area contributed by atoms with Crippen LogP contribution in [0.5, 0.6) is 0 Å². The van der Waals surface area contributed by atoms with Gasteiger partial charge in [-0.05, 0) is 85.7 Å². The van der Waals surface area contributed by atoms with Gasteiger partial charge in [-0.1, -0.05) is 183 Å². The molecule has 1 saturated heterocycles. The molecule has 1 aliphatic heterocycles. The number of nitrogens with zero attached hydrogens (tertiary/aromatic N) is 2.